The smallest absolute Gasteiger partial charge is 0.233 e. The lowest BCUT2D eigenvalue weighted by Crippen LogP contribution is -2.27. The maximum atomic E-state index is 12.0. The van der Waals surface area contributed by atoms with Crippen molar-refractivity contribution in [1.29, 1.82) is 0 Å². The average molecular weight is 418 g/mol. The van der Waals surface area contributed by atoms with E-state index in [2.05, 4.69) is 51.3 Å². The van der Waals surface area contributed by atoms with Gasteiger partial charge < -0.3 is 9.88 Å². The number of carbonyl (C=O) groups excluding carboxylic acids is 1. The van der Waals surface area contributed by atoms with Crippen molar-refractivity contribution in [2.24, 2.45) is 0 Å². The molecule has 0 saturated carbocycles. The fourth-order valence-corrected chi connectivity index (χ4v) is 4.36. The van der Waals surface area contributed by atoms with Gasteiger partial charge in [-0.1, -0.05) is 60.3 Å². The number of nitrogens with zero attached hydrogens (tertiary/aromatic N) is 4. The Morgan fingerprint density at radius 2 is 1.83 bits per heavy atom. The number of aromatic nitrogens is 4. The van der Waals surface area contributed by atoms with E-state index in [1.807, 2.05) is 43.3 Å². The summed E-state index contributed by atoms with van der Waals surface area (Å²) in [5.74, 6) is 0.743. The first-order chi connectivity index (χ1) is 14.6. The third-order valence-electron chi connectivity index (χ3n) is 4.96. The Labute approximate surface area is 179 Å². The number of nitrogens with one attached hydrogen (secondary N) is 1. The molecule has 4 rings (SSSR count). The van der Waals surface area contributed by atoms with Crippen LogP contribution in [0.5, 0.6) is 0 Å². The third-order valence-corrected chi connectivity index (χ3v) is 6.04. The van der Waals surface area contributed by atoms with Gasteiger partial charge in [0, 0.05) is 30.1 Å². The minimum Gasteiger partial charge on any atom is -0.358 e. The normalized spacial score (nSPS) is 12.1. The third kappa shape index (κ3) is 3.80. The molecule has 0 aliphatic rings. The molecule has 1 N–H and O–H groups in total. The summed E-state index contributed by atoms with van der Waals surface area (Å²) in [6.45, 7) is 4.62. The minimum atomic E-state index is -0.258. The van der Waals surface area contributed by atoms with E-state index in [1.54, 1.807) is 7.05 Å². The van der Waals surface area contributed by atoms with Gasteiger partial charge in [0.2, 0.25) is 5.91 Å². The molecule has 2 heterocycles. The van der Waals surface area contributed by atoms with Gasteiger partial charge in [-0.3, -0.25) is 4.79 Å². The van der Waals surface area contributed by atoms with Crippen LogP contribution in [0.1, 0.15) is 13.8 Å². The first kappa shape index (κ1) is 20.1. The lowest BCUT2D eigenvalue weighted by Gasteiger charge is -2.13. The van der Waals surface area contributed by atoms with Crippen LogP contribution in [0, 0.1) is 0 Å². The van der Waals surface area contributed by atoms with Gasteiger partial charge >= 0.3 is 0 Å². The van der Waals surface area contributed by atoms with E-state index < -0.39 is 0 Å². The zero-order valence-corrected chi connectivity index (χ0v) is 18.0. The van der Waals surface area contributed by atoms with Crippen molar-refractivity contribution in [2.75, 3.05) is 7.05 Å². The number of para-hydroxylation sites is 1. The van der Waals surface area contributed by atoms with Crippen molar-refractivity contribution in [2.45, 2.75) is 30.8 Å². The van der Waals surface area contributed by atoms with Gasteiger partial charge in [0.05, 0.1) is 16.5 Å². The van der Waals surface area contributed by atoms with Crippen LogP contribution in [0.15, 0.2) is 65.8 Å². The summed E-state index contributed by atoms with van der Waals surface area (Å²) in [6, 6.07) is 20.3. The van der Waals surface area contributed by atoms with Crippen LogP contribution in [0.4, 0.5) is 0 Å². The summed E-state index contributed by atoms with van der Waals surface area (Å²) >= 11 is 1.41. The quantitative estimate of drug-likeness (QED) is 0.471. The average Bonchev–Trinajstić information content (AvgIpc) is 3.20. The molecular weight excluding hydrogens is 394 g/mol. The van der Waals surface area contributed by atoms with Crippen molar-refractivity contribution >= 4 is 28.6 Å². The number of carbonyl (C=O) groups is 1. The van der Waals surface area contributed by atoms with Crippen LogP contribution in [-0.4, -0.2) is 38.0 Å². The number of rotatable bonds is 6. The van der Waals surface area contributed by atoms with E-state index in [0.717, 1.165) is 38.7 Å². The van der Waals surface area contributed by atoms with E-state index in [-0.39, 0.29) is 11.2 Å². The number of benzene rings is 2. The lowest BCUT2D eigenvalue weighted by atomic mass is 10.0. The monoisotopic (exact) mass is 417 g/mol. The number of amides is 1. The summed E-state index contributed by atoms with van der Waals surface area (Å²) < 4.78 is 2.06. The number of thioether (sulfide) groups is 1. The number of pyridine rings is 1. The standard InChI is InChI=1S/C23H23N5OS/c1-4-28-21(26-27-23(28)30-15(2)22(29)24-3)18-14-20(16-10-6-5-7-11-16)25-19-13-9-8-12-17(18)19/h5-15H,4H2,1-3H3,(H,24,29). The van der Waals surface area contributed by atoms with Crippen molar-refractivity contribution in [3.63, 3.8) is 0 Å². The summed E-state index contributed by atoms with van der Waals surface area (Å²) in [6.07, 6.45) is 0. The largest absolute Gasteiger partial charge is 0.358 e. The van der Waals surface area contributed by atoms with Gasteiger partial charge in [-0.15, -0.1) is 10.2 Å². The molecule has 0 spiro atoms. The highest BCUT2D eigenvalue weighted by Crippen LogP contribution is 2.33. The van der Waals surface area contributed by atoms with E-state index in [4.69, 9.17) is 4.98 Å². The van der Waals surface area contributed by atoms with Crippen molar-refractivity contribution in [1.82, 2.24) is 25.1 Å². The summed E-state index contributed by atoms with van der Waals surface area (Å²) in [5, 5.41) is 13.1. The molecule has 1 atom stereocenters. The Hall–Kier alpha value is -3.19. The second-order valence-electron chi connectivity index (χ2n) is 6.86. The van der Waals surface area contributed by atoms with Crippen LogP contribution in [0.2, 0.25) is 0 Å². The van der Waals surface area contributed by atoms with Crippen LogP contribution in [0.3, 0.4) is 0 Å². The second-order valence-corrected chi connectivity index (χ2v) is 8.17. The first-order valence-electron chi connectivity index (χ1n) is 9.89. The van der Waals surface area contributed by atoms with Crippen molar-refractivity contribution < 1.29 is 4.79 Å². The van der Waals surface area contributed by atoms with Gasteiger partial charge in [-0.25, -0.2) is 4.98 Å². The van der Waals surface area contributed by atoms with Gasteiger partial charge in [-0.2, -0.15) is 0 Å². The second kappa shape index (κ2) is 8.67. The lowest BCUT2D eigenvalue weighted by molar-refractivity contribution is -0.119. The van der Waals surface area contributed by atoms with Crippen LogP contribution < -0.4 is 5.32 Å². The molecule has 1 unspecified atom stereocenters. The van der Waals surface area contributed by atoms with Crippen LogP contribution >= 0.6 is 11.8 Å². The topological polar surface area (TPSA) is 72.7 Å². The molecule has 0 saturated heterocycles. The predicted molar refractivity (Wildman–Crippen MR) is 121 cm³/mol. The number of hydrogen-bond acceptors (Lipinski definition) is 5. The molecule has 2 aromatic heterocycles. The Balaban J connectivity index is 1.86. The highest BCUT2D eigenvalue weighted by atomic mass is 32.2. The first-order valence-corrected chi connectivity index (χ1v) is 10.8. The van der Waals surface area contributed by atoms with Crippen molar-refractivity contribution in [3.05, 3.63) is 60.7 Å². The predicted octanol–water partition coefficient (Wildman–Crippen LogP) is 4.41. The Morgan fingerprint density at radius 3 is 2.57 bits per heavy atom. The van der Waals surface area contributed by atoms with E-state index in [0.29, 0.717) is 6.54 Å². The molecule has 0 aliphatic heterocycles. The molecule has 152 valence electrons. The molecule has 0 bridgehead atoms. The van der Waals surface area contributed by atoms with E-state index >= 15 is 0 Å². The zero-order valence-electron chi connectivity index (χ0n) is 17.2. The summed E-state index contributed by atoms with van der Waals surface area (Å²) in [4.78, 5) is 16.8. The number of fused-ring (bicyclic) bond motifs is 1. The van der Waals surface area contributed by atoms with Gasteiger partial charge in [0.1, 0.15) is 0 Å². The highest BCUT2D eigenvalue weighted by molar-refractivity contribution is 8.00. The molecule has 0 aliphatic carbocycles. The fraction of sp³-hybridized carbons (Fsp3) is 0.217. The molecule has 0 radical (unpaired) electrons. The summed E-state index contributed by atoms with van der Waals surface area (Å²) in [7, 11) is 1.64. The van der Waals surface area contributed by atoms with E-state index in [9.17, 15) is 4.79 Å². The van der Waals surface area contributed by atoms with Crippen LogP contribution in [0.25, 0.3) is 33.5 Å². The molecule has 4 aromatic rings. The molecule has 7 heteroatoms. The van der Waals surface area contributed by atoms with Gasteiger partial charge in [0.15, 0.2) is 11.0 Å². The Kier molecular flexibility index (Phi) is 5.81. The Morgan fingerprint density at radius 1 is 1.10 bits per heavy atom. The molecule has 2 aromatic carbocycles. The molecule has 30 heavy (non-hydrogen) atoms. The molecular formula is C23H23N5OS. The summed E-state index contributed by atoms with van der Waals surface area (Å²) in [5.41, 5.74) is 3.83. The van der Waals surface area contributed by atoms with Crippen molar-refractivity contribution in [3.8, 4) is 22.6 Å². The minimum absolute atomic E-state index is 0.0343. The van der Waals surface area contributed by atoms with Crippen LogP contribution in [-0.2, 0) is 11.3 Å². The molecule has 0 fully saturated rings. The Bertz CT molecular complexity index is 1190. The number of hydrogen-bond donors (Lipinski definition) is 1. The van der Waals surface area contributed by atoms with Gasteiger partial charge in [-0.05, 0) is 26.0 Å². The molecule has 1 amide bonds. The maximum absolute atomic E-state index is 12.0. The SMILES string of the molecule is CCn1c(SC(C)C(=O)NC)nnc1-c1cc(-c2ccccc2)nc2ccccc12. The highest BCUT2D eigenvalue weighted by Gasteiger charge is 2.21. The van der Waals surface area contributed by atoms with E-state index in [1.165, 1.54) is 11.8 Å². The van der Waals surface area contributed by atoms with Gasteiger partial charge in [0.25, 0.3) is 0 Å². The maximum Gasteiger partial charge on any atom is 0.233 e. The molecule has 6 nitrogen and oxygen atoms in total. The fourth-order valence-electron chi connectivity index (χ4n) is 3.39. The zero-order chi connectivity index (χ0) is 21.1.